The molecule has 0 bridgehead atoms. The van der Waals surface area contributed by atoms with Gasteiger partial charge in [-0.25, -0.2) is 4.98 Å². The number of phenols is 1. The molecule has 3 aromatic heterocycles. The molecule has 0 aliphatic carbocycles. The largest absolute Gasteiger partial charge is 0.508 e. The Kier molecular flexibility index (Phi) is 4.08. The molecule has 0 saturated carbocycles. The number of imidazole rings is 1. The first-order chi connectivity index (χ1) is 19.2. The predicted octanol–water partition coefficient (Wildman–Crippen LogP) is 9.69. The van der Waals surface area contributed by atoms with Crippen molar-refractivity contribution in [3.8, 4) is 17.0 Å². The summed E-state index contributed by atoms with van der Waals surface area (Å²) < 4.78 is 4.75. The van der Waals surface area contributed by atoms with Gasteiger partial charge in [-0.2, -0.15) is 0 Å². The maximum Gasteiger partial charge on any atom is 0.156 e. The Balaban J connectivity index is 1.51. The molecule has 9 aromatic rings. The number of fused-ring (bicyclic) bond motifs is 13. The van der Waals surface area contributed by atoms with Crippen LogP contribution in [0, 0.1) is 0 Å². The molecule has 0 unspecified atom stereocenters. The van der Waals surface area contributed by atoms with Gasteiger partial charge in [0, 0.05) is 20.9 Å². The van der Waals surface area contributed by atoms with E-state index < -0.39 is 0 Å². The van der Waals surface area contributed by atoms with Gasteiger partial charge in [0.05, 0.1) is 21.4 Å². The van der Waals surface area contributed by atoms with E-state index in [0.29, 0.717) is 0 Å². The average molecular weight is 517 g/mol. The van der Waals surface area contributed by atoms with Crippen LogP contribution in [0.2, 0.25) is 0 Å². The topological polar surface area (TPSA) is 37.5 Å². The first-order valence-corrected chi connectivity index (χ1v) is 13.9. The van der Waals surface area contributed by atoms with Crippen LogP contribution in [0.4, 0.5) is 0 Å². The Morgan fingerprint density at radius 1 is 0.615 bits per heavy atom. The number of aromatic hydroxyl groups is 1. The minimum Gasteiger partial charge on any atom is -0.508 e. The number of nitrogens with zero attached hydrogens (tertiary/aromatic N) is 2. The van der Waals surface area contributed by atoms with E-state index in [1.165, 1.54) is 47.1 Å². The maximum absolute atomic E-state index is 10.0. The van der Waals surface area contributed by atoms with Gasteiger partial charge < -0.3 is 5.11 Å². The van der Waals surface area contributed by atoms with Crippen molar-refractivity contribution < 1.29 is 5.11 Å². The highest BCUT2D eigenvalue weighted by atomic mass is 32.1. The molecule has 0 aliphatic heterocycles. The first kappa shape index (κ1) is 21.1. The van der Waals surface area contributed by atoms with Crippen LogP contribution in [0.25, 0.3) is 80.4 Å². The summed E-state index contributed by atoms with van der Waals surface area (Å²) in [6, 6.07) is 40.3. The van der Waals surface area contributed by atoms with Crippen molar-refractivity contribution in [2.24, 2.45) is 0 Å². The van der Waals surface area contributed by atoms with Gasteiger partial charge in [0.1, 0.15) is 5.75 Å². The van der Waals surface area contributed by atoms with Crippen molar-refractivity contribution >= 4 is 80.5 Å². The molecular formula is C35H20N2OS. The number of hydrogen-bond donors (Lipinski definition) is 1. The summed E-state index contributed by atoms with van der Waals surface area (Å²) in [5.74, 6) is 0.261. The molecule has 6 aromatic carbocycles. The first-order valence-electron chi connectivity index (χ1n) is 13.0. The van der Waals surface area contributed by atoms with Gasteiger partial charge in [0.25, 0.3) is 0 Å². The molecule has 3 nitrogen and oxygen atoms in total. The van der Waals surface area contributed by atoms with Crippen molar-refractivity contribution in [2.75, 3.05) is 0 Å². The summed E-state index contributed by atoms with van der Waals surface area (Å²) in [5.41, 5.74) is 5.16. The number of aromatic nitrogens is 2. The molecular weight excluding hydrogens is 496 g/mol. The van der Waals surface area contributed by atoms with E-state index in [1.807, 2.05) is 23.5 Å². The fourth-order valence-electron chi connectivity index (χ4n) is 6.27. The van der Waals surface area contributed by atoms with E-state index in [2.05, 4.69) is 95.4 Å². The Labute approximate surface area is 226 Å². The summed E-state index contributed by atoms with van der Waals surface area (Å²) in [4.78, 5) is 5.38. The Bertz CT molecular complexity index is 2450. The third-order valence-electron chi connectivity index (χ3n) is 8.05. The Morgan fingerprint density at radius 2 is 1.33 bits per heavy atom. The third kappa shape index (κ3) is 2.84. The molecule has 3 heterocycles. The quantitative estimate of drug-likeness (QED) is 0.221. The van der Waals surface area contributed by atoms with Crippen molar-refractivity contribution in [1.29, 1.82) is 0 Å². The van der Waals surface area contributed by atoms with Crippen LogP contribution >= 0.6 is 11.3 Å². The van der Waals surface area contributed by atoms with Crippen LogP contribution in [-0.2, 0) is 0 Å². The Morgan fingerprint density at radius 3 is 2.18 bits per heavy atom. The molecule has 9 rings (SSSR count). The van der Waals surface area contributed by atoms with E-state index >= 15 is 0 Å². The van der Waals surface area contributed by atoms with E-state index in [-0.39, 0.29) is 5.75 Å². The minimum atomic E-state index is 0.261. The lowest BCUT2D eigenvalue weighted by atomic mass is 10.0. The lowest BCUT2D eigenvalue weighted by molar-refractivity contribution is 0.475. The zero-order valence-electron chi connectivity index (χ0n) is 20.7. The molecule has 0 amide bonds. The van der Waals surface area contributed by atoms with Gasteiger partial charge in [0.2, 0.25) is 0 Å². The fraction of sp³-hybridized carbons (Fsp3) is 0. The predicted molar refractivity (Wildman–Crippen MR) is 165 cm³/mol. The number of rotatable bonds is 1. The highest BCUT2D eigenvalue weighted by molar-refractivity contribution is 7.26. The highest BCUT2D eigenvalue weighted by Crippen LogP contribution is 2.44. The lowest BCUT2D eigenvalue weighted by Crippen LogP contribution is -1.92. The fourth-order valence-corrected chi connectivity index (χ4v) is 7.44. The summed E-state index contributed by atoms with van der Waals surface area (Å²) in [7, 11) is 0. The molecule has 182 valence electrons. The van der Waals surface area contributed by atoms with Gasteiger partial charge in [-0.15, -0.1) is 11.3 Å². The van der Waals surface area contributed by atoms with Gasteiger partial charge in [-0.05, 0) is 75.0 Å². The van der Waals surface area contributed by atoms with E-state index in [9.17, 15) is 5.11 Å². The molecule has 39 heavy (non-hydrogen) atoms. The molecule has 1 N–H and O–H groups in total. The molecule has 0 fully saturated rings. The number of phenolic OH excluding ortho intramolecular Hbond substituents is 1. The highest BCUT2D eigenvalue weighted by Gasteiger charge is 2.20. The Hall–Kier alpha value is -4.93. The van der Waals surface area contributed by atoms with Crippen molar-refractivity contribution in [1.82, 2.24) is 9.38 Å². The second-order valence-corrected chi connectivity index (χ2v) is 11.2. The van der Waals surface area contributed by atoms with Crippen LogP contribution in [0.3, 0.4) is 0 Å². The monoisotopic (exact) mass is 516 g/mol. The molecule has 0 aliphatic rings. The number of pyridine rings is 1. The van der Waals surface area contributed by atoms with Gasteiger partial charge >= 0.3 is 0 Å². The maximum atomic E-state index is 10.0. The zero-order valence-corrected chi connectivity index (χ0v) is 21.5. The second kappa shape index (κ2) is 7.56. The molecule has 0 radical (unpaired) electrons. The van der Waals surface area contributed by atoms with Crippen molar-refractivity contribution in [2.45, 2.75) is 0 Å². The minimum absolute atomic E-state index is 0.261. The van der Waals surface area contributed by atoms with Crippen LogP contribution in [0.1, 0.15) is 0 Å². The molecule has 0 spiro atoms. The molecule has 4 heteroatoms. The van der Waals surface area contributed by atoms with Gasteiger partial charge in [-0.3, -0.25) is 4.40 Å². The summed E-state index contributed by atoms with van der Waals surface area (Å²) in [5, 5.41) is 19.9. The van der Waals surface area contributed by atoms with Crippen molar-refractivity contribution in [3.63, 3.8) is 0 Å². The van der Waals surface area contributed by atoms with Crippen LogP contribution < -0.4 is 0 Å². The van der Waals surface area contributed by atoms with Crippen LogP contribution in [0.15, 0.2) is 115 Å². The van der Waals surface area contributed by atoms with Crippen LogP contribution in [0.5, 0.6) is 5.75 Å². The van der Waals surface area contributed by atoms with Gasteiger partial charge in [-0.1, -0.05) is 72.8 Å². The lowest BCUT2D eigenvalue weighted by Gasteiger charge is -2.10. The third-order valence-corrected chi connectivity index (χ3v) is 9.22. The molecule has 0 atom stereocenters. The second-order valence-electron chi connectivity index (χ2n) is 10.2. The SMILES string of the molecule is Oc1ccc(-c2cc3c(sc4ccc5ccccc5c43)c3nc4c5ccc6ccccc6c5ccc4n23)cc1. The normalized spacial score (nSPS) is 12.2. The van der Waals surface area contributed by atoms with Crippen molar-refractivity contribution in [3.05, 3.63) is 115 Å². The average Bonchev–Trinajstić information content (AvgIpc) is 3.56. The van der Waals surface area contributed by atoms with Gasteiger partial charge in [0.15, 0.2) is 5.65 Å². The van der Waals surface area contributed by atoms with E-state index in [0.717, 1.165) is 33.3 Å². The van der Waals surface area contributed by atoms with E-state index in [4.69, 9.17) is 4.98 Å². The zero-order chi connectivity index (χ0) is 25.7. The smallest absolute Gasteiger partial charge is 0.156 e. The summed E-state index contributed by atoms with van der Waals surface area (Å²) >= 11 is 1.81. The summed E-state index contributed by atoms with van der Waals surface area (Å²) in [6.45, 7) is 0. The van der Waals surface area contributed by atoms with E-state index in [1.54, 1.807) is 12.1 Å². The number of benzene rings is 6. The molecule has 0 saturated heterocycles. The summed E-state index contributed by atoms with van der Waals surface area (Å²) in [6.07, 6.45) is 0. The number of thiophene rings is 1. The van der Waals surface area contributed by atoms with Crippen LogP contribution in [-0.4, -0.2) is 14.5 Å². The number of hydrogen-bond acceptors (Lipinski definition) is 3. The standard InChI is InChI=1S/C35H20N2OS/c38-23-13-9-22(10-14-23)30-19-28-32-25-8-4-2-6-21(25)12-18-31(32)39-34(28)35-36-33-27-15-11-20-5-1-3-7-24(20)26(27)16-17-29(33)37(30)35/h1-19,38H.